The minimum atomic E-state index is -2.86. The van der Waals surface area contributed by atoms with E-state index in [1.54, 1.807) is 0 Å². The fourth-order valence-electron chi connectivity index (χ4n) is 3.20. The molecule has 1 saturated heterocycles. The van der Waals surface area contributed by atoms with Gasteiger partial charge in [0.2, 0.25) is 0 Å². The van der Waals surface area contributed by atoms with Crippen molar-refractivity contribution in [3.05, 3.63) is 11.6 Å². The van der Waals surface area contributed by atoms with Crippen LogP contribution in [-0.4, -0.2) is 46.4 Å². The average Bonchev–Trinajstić information content (AvgIpc) is 2.78. The molecule has 2 aliphatic heterocycles. The largest absolute Gasteiger partial charge is 0.396 e. The van der Waals surface area contributed by atoms with E-state index in [2.05, 4.69) is 10.1 Å². The van der Waals surface area contributed by atoms with Crippen LogP contribution in [0, 0.1) is 11.8 Å². The number of sulfone groups is 1. The topological polar surface area (TPSA) is 85.1 Å². The normalized spacial score (nSPS) is 29.1. The summed E-state index contributed by atoms with van der Waals surface area (Å²) >= 11 is 0. The van der Waals surface area contributed by atoms with E-state index in [1.165, 1.54) is 0 Å². The van der Waals surface area contributed by atoms with Crippen molar-refractivity contribution < 1.29 is 13.5 Å². The van der Waals surface area contributed by atoms with Gasteiger partial charge < -0.3 is 5.11 Å². The van der Waals surface area contributed by atoms with Crippen LogP contribution in [0.1, 0.15) is 30.9 Å². The maximum Gasteiger partial charge on any atom is 0.151 e. The lowest BCUT2D eigenvalue weighted by Crippen LogP contribution is -2.26. The zero-order valence-corrected chi connectivity index (χ0v) is 12.3. The summed E-state index contributed by atoms with van der Waals surface area (Å²) in [6.45, 7) is 1.000. The number of aromatic nitrogens is 3. The van der Waals surface area contributed by atoms with Gasteiger partial charge in [0.15, 0.2) is 15.7 Å². The number of aliphatic hydroxyl groups excluding tert-OH is 1. The Morgan fingerprint density at radius 1 is 1.30 bits per heavy atom. The molecular formula is C13H21N3O3S. The maximum atomic E-state index is 11.7. The second-order valence-electron chi connectivity index (χ2n) is 6.04. The molecule has 1 N–H and O–H groups in total. The number of aryl methyl sites for hydroxylation is 1. The van der Waals surface area contributed by atoms with E-state index in [4.69, 9.17) is 0 Å². The molecule has 2 atom stereocenters. The van der Waals surface area contributed by atoms with Crippen LogP contribution in [0.25, 0.3) is 0 Å². The zero-order valence-electron chi connectivity index (χ0n) is 11.5. The highest BCUT2D eigenvalue weighted by atomic mass is 32.2. The smallest absolute Gasteiger partial charge is 0.151 e. The first-order valence-corrected chi connectivity index (χ1v) is 9.12. The molecule has 2 unspecified atom stereocenters. The van der Waals surface area contributed by atoms with Gasteiger partial charge in [-0.3, -0.25) is 0 Å². The summed E-state index contributed by atoms with van der Waals surface area (Å²) < 4.78 is 25.2. The Kier molecular flexibility index (Phi) is 3.81. The Labute approximate surface area is 119 Å². The van der Waals surface area contributed by atoms with Gasteiger partial charge in [-0.2, -0.15) is 5.10 Å². The van der Waals surface area contributed by atoms with E-state index in [0.717, 1.165) is 43.9 Å². The monoisotopic (exact) mass is 299 g/mol. The van der Waals surface area contributed by atoms with Crippen molar-refractivity contribution in [1.29, 1.82) is 0 Å². The summed E-state index contributed by atoms with van der Waals surface area (Å²) in [6.07, 6.45) is 4.06. The van der Waals surface area contributed by atoms with Crippen molar-refractivity contribution in [1.82, 2.24) is 14.8 Å². The van der Waals surface area contributed by atoms with E-state index < -0.39 is 9.84 Å². The van der Waals surface area contributed by atoms with E-state index in [0.29, 0.717) is 12.2 Å². The van der Waals surface area contributed by atoms with Gasteiger partial charge in [0.1, 0.15) is 5.82 Å². The molecule has 20 heavy (non-hydrogen) atoms. The van der Waals surface area contributed by atoms with E-state index in [1.807, 2.05) is 4.68 Å². The van der Waals surface area contributed by atoms with Gasteiger partial charge in [-0.05, 0) is 31.1 Å². The number of aliphatic hydroxyl groups is 1. The third-order valence-corrected chi connectivity index (χ3v) is 6.19. The van der Waals surface area contributed by atoms with Gasteiger partial charge in [0, 0.05) is 26.0 Å². The first kappa shape index (κ1) is 14.0. The molecule has 1 fully saturated rings. The van der Waals surface area contributed by atoms with E-state index in [9.17, 15) is 13.5 Å². The Hall–Kier alpha value is -0.950. The highest BCUT2D eigenvalue weighted by Crippen LogP contribution is 2.23. The summed E-state index contributed by atoms with van der Waals surface area (Å²) in [5.74, 6) is 2.75. The standard InChI is InChI=1S/C13H21N3O3S/c17-8-10-3-4-16-13(7-10)14-12(15-16)6-11-2-1-5-20(18,19)9-11/h10-11,17H,1-9H2. The molecule has 2 aliphatic rings. The molecule has 7 heteroatoms. The molecule has 0 aromatic carbocycles. The lowest BCUT2D eigenvalue weighted by molar-refractivity contribution is 0.196. The van der Waals surface area contributed by atoms with Gasteiger partial charge in [-0.1, -0.05) is 0 Å². The van der Waals surface area contributed by atoms with Crippen molar-refractivity contribution in [2.45, 2.75) is 38.6 Å². The first-order valence-electron chi connectivity index (χ1n) is 7.29. The number of nitrogens with zero attached hydrogens (tertiary/aromatic N) is 3. The van der Waals surface area contributed by atoms with E-state index in [-0.39, 0.29) is 24.2 Å². The second-order valence-corrected chi connectivity index (χ2v) is 8.26. The summed E-state index contributed by atoms with van der Waals surface area (Å²) in [6, 6.07) is 0. The van der Waals surface area contributed by atoms with Gasteiger partial charge in [-0.15, -0.1) is 0 Å². The molecule has 1 aromatic heterocycles. The number of hydrogen-bond donors (Lipinski definition) is 1. The SMILES string of the molecule is O=S1(=O)CCCC(Cc2nc3n(n2)CCC(CO)C3)C1. The van der Waals surface area contributed by atoms with Gasteiger partial charge >= 0.3 is 0 Å². The van der Waals surface area contributed by atoms with Crippen LogP contribution in [0.4, 0.5) is 0 Å². The van der Waals surface area contributed by atoms with Crippen molar-refractivity contribution in [3.63, 3.8) is 0 Å². The third-order valence-electron chi connectivity index (χ3n) is 4.30. The summed E-state index contributed by atoms with van der Waals surface area (Å²) in [7, 11) is -2.86. The minimum absolute atomic E-state index is 0.159. The molecule has 6 nitrogen and oxygen atoms in total. The van der Waals surface area contributed by atoms with Crippen molar-refractivity contribution >= 4 is 9.84 Å². The van der Waals surface area contributed by atoms with Crippen LogP contribution in [0.5, 0.6) is 0 Å². The van der Waals surface area contributed by atoms with Crippen molar-refractivity contribution in [2.24, 2.45) is 11.8 Å². The van der Waals surface area contributed by atoms with Crippen LogP contribution >= 0.6 is 0 Å². The summed E-state index contributed by atoms with van der Waals surface area (Å²) in [5, 5.41) is 13.7. The quantitative estimate of drug-likeness (QED) is 0.862. The Balaban J connectivity index is 1.68. The lowest BCUT2D eigenvalue weighted by atomic mass is 9.99. The average molecular weight is 299 g/mol. The summed E-state index contributed by atoms with van der Waals surface area (Å²) in [4.78, 5) is 4.54. The van der Waals surface area contributed by atoms with Crippen LogP contribution in [-0.2, 0) is 29.2 Å². The Morgan fingerprint density at radius 2 is 2.15 bits per heavy atom. The molecule has 0 radical (unpaired) electrons. The number of hydrogen-bond acceptors (Lipinski definition) is 5. The molecule has 0 bridgehead atoms. The van der Waals surface area contributed by atoms with Crippen LogP contribution in [0.3, 0.4) is 0 Å². The molecule has 1 aromatic rings. The third kappa shape index (κ3) is 3.03. The fraction of sp³-hybridized carbons (Fsp3) is 0.846. The second kappa shape index (κ2) is 5.44. The minimum Gasteiger partial charge on any atom is -0.396 e. The molecule has 112 valence electrons. The molecular weight excluding hydrogens is 278 g/mol. The number of rotatable bonds is 3. The molecule has 0 spiro atoms. The highest BCUT2D eigenvalue weighted by molar-refractivity contribution is 7.91. The number of fused-ring (bicyclic) bond motifs is 1. The highest BCUT2D eigenvalue weighted by Gasteiger charge is 2.27. The van der Waals surface area contributed by atoms with Gasteiger partial charge in [0.05, 0.1) is 11.5 Å². The molecule has 0 saturated carbocycles. The van der Waals surface area contributed by atoms with Crippen molar-refractivity contribution in [3.8, 4) is 0 Å². The summed E-state index contributed by atoms with van der Waals surface area (Å²) in [5.41, 5.74) is 0. The van der Waals surface area contributed by atoms with Crippen LogP contribution < -0.4 is 0 Å². The molecule has 0 amide bonds. The molecule has 3 rings (SSSR count). The van der Waals surface area contributed by atoms with Crippen LogP contribution in [0.15, 0.2) is 0 Å². The maximum absolute atomic E-state index is 11.7. The fourth-order valence-corrected chi connectivity index (χ4v) is 4.98. The predicted octanol–water partition coefficient (Wildman–Crippen LogP) is 0.200. The van der Waals surface area contributed by atoms with Gasteiger partial charge in [-0.25, -0.2) is 18.1 Å². The van der Waals surface area contributed by atoms with Crippen LogP contribution in [0.2, 0.25) is 0 Å². The Bertz CT molecular complexity index is 582. The van der Waals surface area contributed by atoms with E-state index >= 15 is 0 Å². The molecule has 3 heterocycles. The van der Waals surface area contributed by atoms with Crippen molar-refractivity contribution in [2.75, 3.05) is 18.1 Å². The predicted molar refractivity (Wildman–Crippen MR) is 74.0 cm³/mol. The first-order chi connectivity index (χ1) is 9.55. The lowest BCUT2D eigenvalue weighted by Gasteiger charge is -2.20. The molecule has 0 aliphatic carbocycles. The zero-order chi connectivity index (χ0) is 14.2. The van der Waals surface area contributed by atoms with Gasteiger partial charge in [0.25, 0.3) is 0 Å². The Morgan fingerprint density at radius 3 is 2.90 bits per heavy atom.